The number of nitrogens with zero attached hydrogens (tertiary/aromatic N) is 1. The van der Waals surface area contributed by atoms with E-state index in [0.29, 0.717) is 5.57 Å². The maximum Gasteiger partial charge on any atom is 0.410 e. The first kappa shape index (κ1) is 15.9. The van der Waals surface area contributed by atoms with Crippen molar-refractivity contribution in [2.75, 3.05) is 13.1 Å². The molecule has 2 unspecified atom stereocenters. The molecule has 0 bridgehead atoms. The van der Waals surface area contributed by atoms with Crippen molar-refractivity contribution in [1.82, 2.24) is 4.90 Å². The highest BCUT2D eigenvalue weighted by molar-refractivity contribution is 5.68. The van der Waals surface area contributed by atoms with Gasteiger partial charge < -0.3 is 14.4 Å². The SMILES string of the molecule is C=C(C)C1CN(C(=O)OC(C)(C)C)CC(C(F)F)O1. The fourth-order valence-corrected chi connectivity index (χ4v) is 1.68. The number of alkyl halides is 2. The van der Waals surface area contributed by atoms with Crippen LogP contribution in [0.5, 0.6) is 0 Å². The van der Waals surface area contributed by atoms with Crippen LogP contribution in [0, 0.1) is 0 Å². The lowest BCUT2D eigenvalue weighted by atomic mass is 10.1. The maximum absolute atomic E-state index is 12.8. The smallest absolute Gasteiger partial charge is 0.410 e. The minimum atomic E-state index is -2.65. The van der Waals surface area contributed by atoms with Gasteiger partial charge in [0.2, 0.25) is 0 Å². The van der Waals surface area contributed by atoms with Crippen LogP contribution in [0.15, 0.2) is 12.2 Å². The van der Waals surface area contributed by atoms with Crippen LogP contribution in [0.3, 0.4) is 0 Å². The summed E-state index contributed by atoms with van der Waals surface area (Å²) >= 11 is 0. The van der Waals surface area contributed by atoms with E-state index in [9.17, 15) is 13.6 Å². The highest BCUT2D eigenvalue weighted by atomic mass is 19.3. The molecule has 2 atom stereocenters. The average Bonchev–Trinajstić information content (AvgIpc) is 2.25. The van der Waals surface area contributed by atoms with Crippen LogP contribution in [0.1, 0.15) is 27.7 Å². The summed E-state index contributed by atoms with van der Waals surface area (Å²) in [5, 5.41) is 0. The van der Waals surface area contributed by atoms with Gasteiger partial charge in [-0.15, -0.1) is 0 Å². The van der Waals surface area contributed by atoms with Crippen molar-refractivity contribution in [2.24, 2.45) is 0 Å². The van der Waals surface area contributed by atoms with Crippen LogP contribution in [-0.2, 0) is 9.47 Å². The number of ether oxygens (including phenoxy) is 2. The molecule has 1 aliphatic rings. The molecular formula is C13H21F2NO3. The molecule has 0 saturated carbocycles. The number of hydrogen-bond acceptors (Lipinski definition) is 3. The molecule has 1 aliphatic heterocycles. The van der Waals surface area contributed by atoms with Gasteiger partial charge in [0.05, 0.1) is 19.2 Å². The number of morpholine rings is 1. The molecule has 4 nitrogen and oxygen atoms in total. The number of rotatable bonds is 2. The van der Waals surface area contributed by atoms with Crippen molar-refractivity contribution in [3.63, 3.8) is 0 Å². The molecule has 0 N–H and O–H groups in total. The third-order valence-corrected chi connectivity index (χ3v) is 2.61. The Morgan fingerprint density at radius 2 is 2.00 bits per heavy atom. The minimum Gasteiger partial charge on any atom is -0.444 e. The van der Waals surface area contributed by atoms with E-state index in [0.717, 1.165) is 0 Å². The first-order valence-electron chi connectivity index (χ1n) is 6.17. The Bertz CT molecular complexity index is 352. The van der Waals surface area contributed by atoms with E-state index in [1.54, 1.807) is 27.7 Å². The van der Waals surface area contributed by atoms with E-state index in [1.807, 2.05) is 0 Å². The Balaban J connectivity index is 2.76. The molecule has 1 amide bonds. The summed E-state index contributed by atoms with van der Waals surface area (Å²) in [7, 11) is 0. The van der Waals surface area contributed by atoms with Crippen LogP contribution >= 0.6 is 0 Å². The molecule has 0 aromatic heterocycles. The molecule has 1 fully saturated rings. The molecule has 110 valence electrons. The Morgan fingerprint density at radius 1 is 1.42 bits per heavy atom. The predicted molar refractivity (Wildman–Crippen MR) is 67.3 cm³/mol. The van der Waals surface area contributed by atoms with Crippen molar-refractivity contribution in [1.29, 1.82) is 0 Å². The van der Waals surface area contributed by atoms with Gasteiger partial charge in [-0.25, -0.2) is 13.6 Å². The highest BCUT2D eigenvalue weighted by Crippen LogP contribution is 2.22. The molecule has 1 saturated heterocycles. The van der Waals surface area contributed by atoms with E-state index in [4.69, 9.17) is 9.47 Å². The zero-order chi connectivity index (χ0) is 14.8. The van der Waals surface area contributed by atoms with E-state index in [-0.39, 0.29) is 13.1 Å². The van der Waals surface area contributed by atoms with Gasteiger partial charge in [0.1, 0.15) is 11.7 Å². The molecule has 0 radical (unpaired) electrons. The lowest BCUT2D eigenvalue weighted by molar-refractivity contribution is -0.127. The van der Waals surface area contributed by atoms with Crippen LogP contribution in [-0.4, -0.2) is 48.3 Å². The molecular weight excluding hydrogens is 256 g/mol. The Kier molecular flexibility index (Phi) is 4.90. The molecule has 0 aromatic carbocycles. The second kappa shape index (κ2) is 5.86. The standard InChI is InChI=1S/C13H21F2NO3/c1-8(2)9-6-16(7-10(18-9)11(14)15)12(17)19-13(3,4)5/h9-11H,1,6-7H2,2-5H3. The monoisotopic (exact) mass is 277 g/mol. The number of hydrogen-bond donors (Lipinski definition) is 0. The van der Waals surface area contributed by atoms with E-state index >= 15 is 0 Å². The van der Waals surface area contributed by atoms with Crippen LogP contribution in [0.2, 0.25) is 0 Å². The van der Waals surface area contributed by atoms with Gasteiger partial charge in [0, 0.05) is 0 Å². The molecule has 6 heteroatoms. The molecule has 1 heterocycles. The molecule has 19 heavy (non-hydrogen) atoms. The molecule has 0 aliphatic carbocycles. The lowest BCUT2D eigenvalue weighted by Crippen LogP contribution is -2.53. The van der Waals surface area contributed by atoms with Crippen LogP contribution < -0.4 is 0 Å². The Morgan fingerprint density at radius 3 is 2.42 bits per heavy atom. The van der Waals surface area contributed by atoms with Gasteiger partial charge >= 0.3 is 6.09 Å². The zero-order valence-electron chi connectivity index (χ0n) is 11.8. The average molecular weight is 277 g/mol. The fraction of sp³-hybridized carbons (Fsp3) is 0.769. The largest absolute Gasteiger partial charge is 0.444 e. The molecule has 0 spiro atoms. The lowest BCUT2D eigenvalue weighted by Gasteiger charge is -2.38. The zero-order valence-corrected chi connectivity index (χ0v) is 11.8. The summed E-state index contributed by atoms with van der Waals surface area (Å²) in [5.74, 6) is 0. The van der Waals surface area contributed by atoms with Crippen molar-refractivity contribution in [3.05, 3.63) is 12.2 Å². The van der Waals surface area contributed by atoms with Crippen molar-refractivity contribution in [2.45, 2.75) is 51.9 Å². The van der Waals surface area contributed by atoms with E-state index in [1.165, 1.54) is 4.90 Å². The van der Waals surface area contributed by atoms with E-state index < -0.39 is 30.3 Å². The Hall–Kier alpha value is -1.17. The summed E-state index contributed by atoms with van der Waals surface area (Å²) in [4.78, 5) is 13.2. The number of halogens is 2. The Labute approximate surface area is 112 Å². The minimum absolute atomic E-state index is 0.170. The van der Waals surface area contributed by atoms with Crippen molar-refractivity contribution < 1.29 is 23.0 Å². The third-order valence-electron chi connectivity index (χ3n) is 2.61. The summed E-state index contributed by atoms with van der Waals surface area (Å²) in [6.45, 7) is 10.6. The summed E-state index contributed by atoms with van der Waals surface area (Å²) < 4.78 is 36.0. The summed E-state index contributed by atoms with van der Waals surface area (Å²) in [6.07, 6.45) is -5.14. The van der Waals surface area contributed by atoms with Gasteiger partial charge in [-0.1, -0.05) is 12.2 Å². The molecule has 0 aromatic rings. The highest BCUT2D eigenvalue weighted by Gasteiger charge is 2.37. The quantitative estimate of drug-likeness (QED) is 0.729. The van der Waals surface area contributed by atoms with Gasteiger partial charge in [-0.05, 0) is 27.7 Å². The predicted octanol–water partition coefficient (Wildman–Crippen LogP) is 2.83. The van der Waals surface area contributed by atoms with Gasteiger partial charge in [-0.2, -0.15) is 0 Å². The number of carbonyl (C=O) groups excluding carboxylic acids is 1. The van der Waals surface area contributed by atoms with Gasteiger partial charge in [0.25, 0.3) is 6.43 Å². The second-order valence-electron chi connectivity index (χ2n) is 5.73. The number of carbonyl (C=O) groups is 1. The van der Waals surface area contributed by atoms with Crippen LogP contribution in [0.25, 0.3) is 0 Å². The second-order valence-corrected chi connectivity index (χ2v) is 5.73. The van der Waals surface area contributed by atoms with Crippen molar-refractivity contribution >= 4 is 6.09 Å². The van der Waals surface area contributed by atoms with Gasteiger partial charge in [-0.3, -0.25) is 0 Å². The van der Waals surface area contributed by atoms with Crippen molar-refractivity contribution in [3.8, 4) is 0 Å². The van der Waals surface area contributed by atoms with Crippen LogP contribution in [0.4, 0.5) is 13.6 Å². The first-order valence-corrected chi connectivity index (χ1v) is 6.17. The molecule has 1 rings (SSSR count). The van der Waals surface area contributed by atoms with Gasteiger partial charge in [0.15, 0.2) is 0 Å². The normalized spacial score (nSPS) is 24.5. The van der Waals surface area contributed by atoms with E-state index in [2.05, 4.69) is 6.58 Å². The summed E-state index contributed by atoms with van der Waals surface area (Å²) in [6, 6.07) is 0. The summed E-state index contributed by atoms with van der Waals surface area (Å²) in [5.41, 5.74) is -0.0482. The number of amides is 1. The maximum atomic E-state index is 12.8. The first-order chi connectivity index (χ1) is 8.60. The fourth-order valence-electron chi connectivity index (χ4n) is 1.68. The third kappa shape index (κ3) is 4.78. The topological polar surface area (TPSA) is 38.8 Å².